The third-order valence-corrected chi connectivity index (χ3v) is 3.30. The Hall–Kier alpha value is -1.06. The summed E-state index contributed by atoms with van der Waals surface area (Å²) in [5, 5.41) is 0. The van der Waals surface area contributed by atoms with Gasteiger partial charge in [0.25, 0.3) is 0 Å². The van der Waals surface area contributed by atoms with Gasteiger partial charge in [-0.2, -0.15) is 0 Å². The van der Waals surface area contributed by atoms with Crippen molar-refractivity contribution < 1.29 is 19.1 Å². The Balaban J connectivity index is 2.39. The van der Waals surface area contributed by atoms with E-state index in [-0.39, 0.29) is 30.4 Å². The molecule has 17 heavy (non-hydrogen) atoms. The Labute approximate surface area is 103 Å². The fourth-order valence-electron chi connectivity index (χ4n) is 2.12. The molecule has 0 aromatic rings. The van der Waals surface area contributed by atoms with Crippen molar-refractivity contribution in [3.8, 4) is 0 Å². The van der Waals surface area contributed by atoms with Crippen LogP contribution < -0.4 is 0 Å². The van der Waals surface area contributed by atoms with Crippen LogP contribution in [0.5, 0.6) is 0 Å². The first-order valence-electron chi connectivity index (χ1n) is 6.44. The average Bonchev–Trinajstić information content (AvgIpc) is 2.36. The quantitative estimate of drug-likeness (QED) is 0.695. The molecular weight excluding hydrogens is 220 g/mol. The summed E-state index contributed by atoms with van der Waals surface area (Å²) in [7, 11) is 1.33. The molecule has 1 unspecified atom stereocenters. The Morgan fingerprint density at radius 3 is 2.41 bits per heavy atom. The third-order valence-electron chi connectivity index (χ3n) is 3.30. The zero-order chi connectivity index (χ0) is 12.7. The summed E-state index contributed by atoms with van der Waals surface area (Å²) >= 11 is 0. The zero-order valence-corrected chi connectivity index (χ0v) is 10.7. The van der Waals surface area contributed by atoms with Crippen molar-refractivity contribution in [1.29, 1.82) is 0 Å². The van der Waals surface area contributed by atoms with Crippen LogP contribution in [0.4, 0.5) is 0 Å². The van der Waals surface area contributed by atoms with Gasteiger partial charge in [-0.05, 0) is 32.1 Å². The Kier molecular flexibility index (Phi) is 6.01. The highest BCUT2D eigenvalue weighted by atomic mass is 16.5. The second-order valence-electron chi connectivity index (χ2n) is 4.58. The van der Waals surface area contributed by atoms with Crippen molar-refractivity contribution in [1.82, 2.24) is 0 Å². The highest BCUT2D eigenvalue weighted by Crippen LogP contribution is 2.22. The smallest absolute Gasteiger partial charge is 0.309 e. The van der Waals surface area contributed by atoms with Crippen molar-refractivity contribution in [3.05, 3.63) is 0 Å². The van der Waals surface area contributed by atoms with Gasteiger partial charge in [-0.15, -0.1) is 0 Å². The SMILES string of the molecule is CCC(CC(=O)OC)C(=O)OC1CCCCC1. The van der Waals surface area contributed by atoms with E-state index in [0.717, 1.165) is 25.7 Å². The molecule has 1 fully saturated rings. The maximum atomic E-state index is 11.9. The second-order valence-corrected chi connectivity index (χ2v) is 4.58. The van der Waals surface area contributed by atoms with Crippen LogP contribution in [0.2, 0.25) is 0 Å². The van der Waals surface area contributed by atoms with E-state index in [2.05, 4.69) is 4.74 Å². The van der Waals surface area contributed by atoms with E-state index in [4.69, 9.17) is 4.74 Å². The predicted molar refractivity (Wildman–Crippen MR) is 63.4 cm³/mol. The molecule has 4 heteroatoms. The van der Waals surface area contributed by atoms with Crippen LogP contribution in [0, 0.1) is 5.92 Å². The van der Waals surface area contributed by atoms with E-state index in [1.165, 1.54) is 13.5 Å². The van der Waals surface area contributed by atoms with Crippen molar-refractivity contribution in [2.45, 2.75) is 58.0 Å². The molecule has 4 nitrogen and oxygen atoms in total. The molecule has 98 valence electrons. The second kappa shape index (κ2) is 7.30. The molecule has 0 heterocycles. The average molecular weight is 242 g/mol. The summed E-state index contributed by atoms with van der Waals surface area (Å²) < 4.78 is 10.0. The van der Waals surface area contributed by atoms with E-state index in [1.807, 2.05) is 6.92 Å². The molecule has 1 aliphatic carbocycles. The summed E-state index contributed by atoms with van der Waals surface area (Å²) in [4.78, 5) is 23.0. The number of ether oxygens (including phenoxy) is 2. The van der Waals surface area contributed by atoms with Crippen LogP contribution in [0.15, 0.2) is 0 Å². The maximum absolute atomic E-state index is 11.9. The fourth-order valence-corrected chi connectivity index (χ4v) is 2.12. The Bertz CT molecular complexity index is 256. The molecule has 0 bridgehead atoms. The van der Waals surface area contributed by atoms with E-state index < -0.39 is 0 Å². The summed E-state index contributed by atoms with van der Waals surface area (Å²) in [6.45, 7) is 1.88. The van der Waals surface area contributed by atoms with Crippen LogP contribution >= 0.6 is 0 Å². The van der Waals surface area contributed by atoms with E-state index in [0.29, 0.717) is 6.42 Å². The molecule has 1 saturated carbocycles. The number of rotatable bonds is 5. The predicted octanol–water partition coefficient (Wildman–Crippen LogP) is 2.45. The van der Waals surface area contributed by atoms with E-state index in [9.17, 15) is 9.59 Å². The lowest BCUT2D eigenvalue weighted by Gasteiger charge is -2.24. The number of hydrogen-bond donors (Lipinski definition) is 0. The molecule has 0 amide bonds. The molecule has 1 atom stereocenters. The van der Waals surface area contributed by atoms with E-state index in [1.54, 1.807) is 0 Å². The Morgan fingerprint density at radius 1 is 1.24 bits per heavy atom. The number of carbonyl (C=O) groups excluding carboxylic acids is 2. The zero-order valence-electron chi connectivity index (χ0n) is 10.7. The van der Waals surface area contributed by atoms with Gasteiger partial charge in [-0.3, -0.25) is 9.59 Å². The van der Waals surface area contributed by atoms with Crippen LogP contribution in [0.1, 0.15) is 51.9 Å². The van der Waals surface area contributed by atoms with Crippen molar-refractivity contribution >= 4 is 11.9 Å². The van der Waals surface area contributed by atoms with Gasteiger partial charge in [-0.25, -0.2) is 0 Å². The Morgan fingerprint density at radius 2 is 1.88 bits per heavy atom. The minimum atomic E-state index is -0.357. The van der Waals surface area contributed by atoms with E-state index >= 15 is 0 Å². The van der Waals surface area contributed by atoms with Gasteiger partial charge < -0.3 is 9.47 Å². The minimum absolute atomic E-state index is 0.0583. The summed E-state index contributed by atoms with van der Waals surface area (Å²) in [5.41, 5.74) is 0. The summed E-state index contributed by atoms with van der Waals surface area (Å²) in [6.07, 6.45) is 6.20. The highest BCUT2D eigenvalue weighted by molar-refractivity contribution is 5.79. The van der Waals surface area contributed by atoms with Gasteiger partial charge in [0, 0.05) is 0 Å². The molecule has 1 rings (SSSR count). The molecule has 0 aromatic heterocycles. The van der Waals surface area contributed by atoms with Gasteiger partial charge in [0.05, 0.1) is 19.4 Å². The third kappa shape index (κ3) is 4.75. The first-order chi connectivity index (χ1) is 8.17. The van der Waals surface area contributed by atoms with Crippen LogP contribution in [-0.4, -0.2) is 25.2 Å². The number of hydrogen-bond acceptors (Lipinski definition) is 4. The lowest BCUT2D eigenvalue weighted by Crippen LogP contribution is -2.27. The van der Waals surface area contributed by atoms with Crippen LogP contribution in [-0.2, 0) is 19.1 Å². The highest BCUT2D eigenvalue weighted by Gasteiger charge is 2.25. The maximum Gasteiger partial charge on any atom is 0.309 e. The van der Waals surface area contributed by atoms with Crippen LogP contribution in [0.3, 0.4) is 0 Å². The fraction of sp³-hybridized carbons (Fsp3) is 0.846. The number of esters is 2. The molecule has 0 radical (unpaired) electrons. The molecular formula is C13H22O4. The first-order valence-corrected chi connectivity index (χ1v) is 6.44. The lowest BCUT2D eigenvalue weighted by molar-refractivity contribution is -0.159. The summed E-state index contributed by atoms with van der Waals surface area (Å²) in [5.74, 6) is -0.952. The topological polar surface area (TPSA) is 52.6 Å². The monoisotopic (exact) mass is 242 g/mol. The van der Waals surface area contributed by atoms with Crippen molar-refractivity contribution in [2.75, 3.05) is 7.11 Å². The molecule has 0 saturated heterocycles. The standard InChI is InChI=1S/C13H22O4/c1-3-10(9-12(14)16-2)13(15)17-11-7-5-4-6-8-11/h10-11H,3-9H2,1-2H3. The number of methoxy groups -OCH3 is 1. The largest absolute Gasteiger partial charge is 0.469 e. The van der Waals surface area contributed by atoms with Gasteiger partial charge >= 0.3 is 11.9 Å². The van der Waals surface area contributed by atoms with Gasteiger partial charge in [0.15, 0.2) is 0 Å². The molecule has 0 aromatic carbocycles. The van der Waals surface area contributed by atoms with Crippen molar-refractivity contribution in [3.63, 3.8) is 0 Å². The normalized spacial score (nSPS) is 18.5. The van der Waals surface area contributed by atoms with Gasteiger partial charge in [-0.1, -0.05) is 13.3 Å². The molecule has 1 aliphatic rings. The minimum Gasteiger partial charge on any atom is -0.469 e. The molecule has 0 aliphatic heterocycles. The van der Waals surface area contributed by atoms with Gasteiger partial charge in [0.2, 0.25) is 0 Å². The first kappa shape index (κ1) is 14.0. The van der Waals surface area contributed by atoms with Crippen molar-refractivity contribution in [2.24, 2.45) is 5.92 Å². The number of carbonyl (C=O) groups is 2. The molecule has 0 N–H and O–H groups in total. The lowest BCUT2D eigenvalue weighted by atomic mass is 9.97. The van der Waals surface area contributed by atoms with Crippen LogP contribution in [0.25, 0.3) is 0 Å². The molecule has 0 spiro atoms. The summed E-state index contributed by atoms with van der Waals surface area (Å²) in [6, 6.07) is 0. The van der Waals surface area contributed by atoms with Gasteiger partial charge in [0.1, 0.15) is 6.10 Å².